The molecule has 1 aliphatic carbocycles. The van der Waals surface area contributed by atoms with E-state index in [-0.39, 0.29) is 11.8 Å². The minimum absolute atomic E-state index is 0.129. The Hall–Kier alpha value is -2.97. The number of fused-ring (bicyclic) bond motifs is 2. The fourth-order valence-corrected chi connectivity index (χ4v) is 7.00. The van der Waals surface area contributed by atoms with Crippen molar-refractivity contribution in [3.63, 3.8) is 0 Å². The van der Waals surface area contributed by atoms with Crippen molar-refractivity contribution in [3.05, 3.63) is 62.7 Å². The highest BCUT2D eigenvalue weighted by molar-refractivity contribution is 7.16. The van der Waals surface area contributed by atoms with Gasteiger partial charge in [-0.1, -0.05) is 12.2 Å². The van der Waals surface area contributed by atoms with Crippen molar-refractivity contribution >= 4 is 46.0 Å². The van der Waals surface area contributed by atoms with Crippen molar-refractivity contribution in [2.45, 2.75) is 38.5 Å². The molecule has 33 heavy (non-hydrogen) atoms. The number of hydrogen-bond acceptors (Lipinski definition) is 6. The van der Waals surface area contributed by atoms with Gasteiger partial charge in [0.05, 0.1) is 10.4 Å². The third-order valence-corrected chi connectivity index (χ3v) is 8.89. The highest BCUT2D eigenvalue weighted by Gasteiger charge is 2.30. The monoisotopic (exact) mass is 475 g/mol. The predicted octanol–water partition coefficient (Wildman–Crippen LogP) is 5.39. The molecule has 1 amide bonds. The Labute approximate surface area is 200 Å². The molecule has 0 atom stereocenters. The Morgan fingerprint density at radius 1 is 1.27 bits per heavy atom. The lowest BCUT2D eigenvalue weighted by Crippen LogP contribution is -2.38. The minimum Gasteiger partial charge on any atom is -0.382 e. The average Bonchev–Trinajstić information content (AvgIpc) is 3.58. The second kappa shape index (κ2) is 8.11. The van der Waals surface area contributed by atoms with Gasteiger partial charge in [0.1, 0.15) is 22.9 Å². The number of likely N-dealkylation sites (tertiary alicyclic amines) is 1. The van der Waals surface area contributed by atoms with Gasteiger partial charge in [-0.05, 0) is 55.2 Å². The number of carbonyl (C=O) groups is 1. The van der Waals surface area contributed by atoms with Crippen LogP contribution in [0.4, 0.5) is 5.82 Å². The van der Waals surface area contributed by atoms with Crippen LogP contribution in [0.3, 0.4) is 0 Å². The summed E-state index contributed by atoms with van der Waals surface area (Å²) in [6.07, 6.45) is 12.2. The molecule has 1 saturated heterocycles. The summed E-state index contributed by atoms with van der Waals surface area (Å²) in [7, 11) is 0. The average molecular weight is 476 g/mol. The van der Waals surface area contributed by atoms with E-state index in [1.165, 1.54) is 20.9 Å². The number of piperidine rings is 1. The van der Waals surface area contributed by atoms with Gasteiger partial charge in [0.15, 0.2) is 0 Å². The van der Waals surface area contributed by atoms with Gasteiger partial charge in [-0.25, -0.2) is 9.97 Å². The summed E-state index contributed by atoms with van der Waals surface area (Å²) in [6.45, 7) is 3.66. The first kappa shape index (κ1) is 20.6. The van der Waals surface area contributed by atoms with Crippen LogP contribution in [0.15, 0.2) is 35.3 Å². The number of anilines is 1. The van der Waals surface area contributed by atoms with Crippen molar-refractivity contribution < 1.29 is 4.79 Å². The maximum atomic E-state index is 12.8. The van der Waals surface area contributed by atoms with E-state index >= 15 is 0 Å². The molecule has 0 bridgehead atoms. The summed E-state index contributed by atoms with van der Waals surface area (Å²) in [5.41, 5.74) is 11.6. The predicted molar refractivity (Wildman–Crippen MR) is 135 cm³/mol. The van der Waals surface area contributed by atoms with Gasteiger partial charge in [-0.3, -0.25) is 9.20 Å². The van der Waals surface area contributed by atoms with Gasteiger partial charge in [0.25, 0.3) is 5.91 Å². The molecule has 0 radical (unpaired) electrons. The normalized spacial score (nSPS) is 16.5. The zero-order chi connectivity index (χ0) is 22.5. The van der Waals surface area contributed by atoms with Crippen molar-refractivity contribution in [1.82, 2.24) is 19.3 Å². The molecule has 0 saturated carbocycles. The number of allylic oxidation sites excluding steroid dienone is 1. The number of aromatic nitrogens is 3. The molecule has 0 unspecified atom stereocenters. The third kappa shape index (κ3) is 3.40. The number of thiophene rings is 2. The molecule has 168 valence electrons. The molecular formula is C25H25N5OS2. The summed E-state index contributed by atoms with van der Waals surface area (Å²) in [4.78, 5) is 26.9. The van der Waals surface area contributed by atoms with Crippen molar-refractivity contribution in [3.8, 4) is 10.6 Å². The fourth-order valence-electron chi connectivity index (χ4n) is 5.07. The number of rotatable bonds is 3. The van der Waals surface area contributed by atoms with E-state index in [2.05, 4.69) is 28.5 Å². The first-order valence-corrected chi connectivity index (χ1v) is 13.1. The van der Waals surface area contributed by atoms with Crippen molar-refractivity contribution in [2.24, 2.45) is 0 Å². The quantitative estimate of drug-likeness (QED) is 0.431. The number of imidazole rings is 1. The molecule has 1 fully saturated rings. The number of nitrogen functional groups attached to an aromatic ring is 1. The summed E-state index contributed by atoms with van der Waals surface area (Å²) in [5, 5.41) is 3.88. The van der Waals surface area contributed by atoms with E-state index in [1.807, 2.05) is 39.3 Å². The Bertz CT molecular complexity index is 1370. The van der Waals surface area contributed by atoms with Crippen LogP contribution in [0.1, 0.15) is 57.4 Å². The van der Waals surface area contributed by atoms with Crippen LogP contribution in [-0.4, -0.2) is 38.3 Å². The molecule has 2 N–H and O–H groups in total. The lowest BCUT2D eigenvalue weighted by molar-refractivity contribution is 0.0711. The standard InChI is InChI=1S/C25H25N5OS2/c1-15-18-4-2-3-5-19(18)33-22(15)20-21-23(26)27-9-12-30(21)24(28-20)16-6-10-29(11-7-16)25(31)17-8-13-32-14-17/h2,4,8-9,12-14,16H,3,5-7,10-11H2,1H3,(H2,26,27). The molecule has 1 aliphatic heterocycles. The molecule has 0 spiro atoms. The molecule has 0 aromatic carbocycles. The lowest BCUT2D eigenvalue weighted by Gasteiger charge is -2.31. The van der Waals surface area contributed by atoms with Gasteiger partial charge < -0.3 is 10.6 Å². The van der Waals surface area contributed by atoms with Gasteiger partial charge >= 0.3 is 0 Å². The van der Waals surface area contributed by atoms with E-state index in [4.69, 9.17) is 10.7 Å². The summed E-state index contributed by atoms with van der Waals surface area (Å²) < 4.78 is 2.13. The molecule has 5 heterocycles. The van der Waals surface area contributed by atoms with E-state index in [0.29, 0.717) is 5.82 Å². The van der Waals surface area contributed by atoms with Gasteiger partial charge in [-0.2, -0.15) is 11.3 Å². The largest absolute Gasteiger partial charge is 0.382 e. The molecular weight excluding hydrogens is 450 g/mol. The van der Waals surface area contributed by atoms with Crippen LogP contribution < -0.4 is 5.73 Å². The number of amides is 1. The minimum atomic E-state index is 0.129. The maximum absolute atomic E-state index is 12.8. The summed E-state index contributed by atoms with van der Waals surface area (Å²) >= 11 is 3.40. The molecule has 6 nitrogen and oxygen atoms in total. The zero-order valence-corrected chi connectivity index (χ0v) is 20.1. The molecule has 6 rings (SSSR count). The van der Waals surface area contributed by atoms with Gasteiger partial charge in [0.2, 0.25) is 0 Å². The first-order chi connectivity index (χ1) is 16.1. The highest BCUT2D eigenvalue weighted by atomic mass is 32.1. The highest BCUT2D eigenvalue weighted by Crippen LogP contribution is 2.42. The second-order valence-electron chi connectivity index (χ2n) is 8.76. The lowest BCUT2D eigenvalue weighted by atomic mass is 9.95. The van der Waals surface area contributed by atoms with Crippen LogP contribution in [0.5, 0.6) is 0 Å². The van der Waals surface area contributed by atoms with E-state index in [1.54, 1.807) is 17.5 Å². The SMILES string of the molecule is Cc1c(-c2nc(C3CCN(C(=O)c4ccsc4)CC3)n3ccnc(N)c23)sc2c1C=CCC2. The number of nitrogens with zero attached hydrogens (tertiary/aromatic N) is 4. The van der Waals surface area contributed by atoms with Crippen LogP contribution in [0, 0.1) is 6.92 Å². The number of hydrogen-bond donors (Lipinski definition) is 1. The Morgan fingerprint density at radius 2 is 2.12 bits per heavy atom. The topological polar surface area (TPSA) is 76.5 Å². The molecule has 4 aromatic rings. The zero-order valence-electron chi connectivity index (χ0n) is 18.5. The van der Waals surface area contributed by atoms with Crippen LogP contribution in [-0.2, 0) is 6.42 Å². The van der Waals surface area contributed by atoms with E-state index in [9.17, 15) is 4.79 Å². The Morgan fingerprint density at radius 3 is 2.88 bits per heavy atom. The van der Waals surface area contributed by atoms with Crippen LogP contribution in [0.25, 0.3) is 22.2 Å². The fraction of sp³-hybridized carbons (Fsp3) is 0.320. The number of carbonyl (C=O) groups excluding carboxylic acids is 1. The Kier molecular flexibility index (Phi) is 5.07. The van der Waals surface area contributed by atoms with Crippen LogP contribution >= 0.6 is 22.7 Å². The number of nitrogens with two attached hydrogens (primary N) is 1. The van der Waals surface area contributed by atoms with Gasteiger partial charge in [-0.15, -0.1) is 11.3 Å². The summed E-state index contributed by atoms with van der Waals surface area (Å²) in [5.74, 6) is 1.94. The van der Waals surface area contributed by atoms with Crippen molar-refractivity contribution in [1.29, 1.82) is 0 Å². The molecule has 8 heteroatoms. The Balaban J connectivity index is 1.36. The summed E-state index contributed by atoms with van der Waals surface area (Å²) in [6, 6.07) is 1.90. The van der Waals surface area contributed by atoms with Crippen LogP contribution in [0.2, 0.25) is 0 Å². The number of aryl methyl sites for hydroxylation is 1. The third-order valence-electron chi connectivity index (χ3n) is 6.83. The van der Waals surface area contributed by atoms with Gasteiger partial charge in [0, 0.05) is 41.7 Å². The molecule has 4 aromatic heterocycles. The second-order valence-corrected chi connectivity index (χ2v) is 10.6. The van der Waals surface area contributed by atoms with E-state index in [0.717, 1.165) is 61.4 Å². The first-order valence-electron chi connectivity index (χ1n) is 11.3. The molecule has 2 aliphatic rings. The van der Waals surface area contributed by atoms with E-state index < -0.39 is 0 Å². The smallest absolute Gasteiger partial charge is 0.254 e. The van der Waals surface area contributed by atoms with Crippen molar-refractivity contribution in [2.75, 3.05) is 18.8 Å². The maximum Gasteiger partial charge on any atom is 0.254 e.